The van der Waals surface area contributed by atoms with Crippen molar-refractivity contribution in [2.24, 2.45) is 0 Å². The summed E-state index contributed by atoms with van der Waals surface area (Å²) in [6.07, 6.45) is 1.06. The molecule has 0 aliphatic heterocycles. The highest BCUT2D eigenvalue weighted by molar-refractivity contribution is 7.91. The maximum absolute atomic E-state index is 12.2. The number of thiophene rings is 1. The van der Waals surface area contributed by atoms with E-state index in [9.17, 15) is 8.42 Å². The predicted octanol–water partition coefficient (Wildman–Crippen LogP) is 1.95. The molecule has 7 heteroatoms. The number of ether oxygens (including phenoxy) is 1. The summed E-state index contributed by atoms with van der Waals surface area (Å²) in [4.78, 5) is 0. The van der Waals surface area contributed by atoms with E-state index in [-0.39, 0.29) is 6.54 Å². The molecule has 0 saturated heterocycles. The predicted molar refractivity (Wildman–Crippen MR) is 82.6 cm³/mol. The second kappa shape index (κ2) is 7.51. The van der Waals surface area contributed by atoms with Crippen molar-refractivity contribution in [2.75, 3.05) is 20.2 Å². The van der Waals surface area contributed by atoms with Crippen LogP contribution in [0.5, 0.6) is 0 Å². The van der Waals surface area contributed by atoms with Gasteiger partial charge in [-0.2, -0.15) is 0 Å². The van der Waals surface area contributed by atoms with E-state index in [0.29, 0.717) is 10.8 Å². The molecule has 0 spiro atoms. The van der Waals surface area contributed by atoms with E-state index in [1.807, 2.05) is 19.2 Å². The molecule has 116 valence electrons. The van der Waals surface area contributed by atoms with Crippen LogP contribution < -0.4 is 10.0 Å². The van der Waals surface area contributed by atoms with Crippen LogP contribution in [0.25, 0.3) is 0 Å². The molecule has 1 rings (SSSR count). The minimum atomic E-state index is -3.45. The van der Waals surface area contributed by atoms with Crippen LogP contribution in [0.2, 0.25) is 0 Å². The standard InChI is InChI=1S/C13H24N2O3S2/c1-5-6-14-8-11-7-12(19-9-11)20(16,17)15-10-13(2,3)18-4/h7,9,14-15H,5-6,8,10H2,1-4H3. The summed E-state index contributed by atoms with van der Waals surface area (Å²) >= 11 is 1.24. The van der Waals surface area contributed by atoms with Crippen molar-refractivity contribution >= 4 is 21.4 Å². The molecule has 0 radical (unpaired) electrons. The summed E-state index contributed by atoms with van der Waals surface area (Å²) in [5.41, 5.74) is 0.477. The molecule has 0 aliphatic rings. The molecule has 0 aromatic carbocycles. The number of sulfonamides is 1. The third-order valence-corrected chi connectivity index (χ3v) is 5.78. The largest absolute Gasteiger partial charge is 0.377 e. The first kappa shape index (κ1) is 17.6. The molecule has 0 bridgehead atoms. The van der Waals surface area contributed by atoms with Crippen LogP contribution in [0.3, 0.4) is 0 Å². The number of nitrogens with one attached hydrogen (secondary N) is 2. The molecule has 0 aliphatic carbocycles. The quantitative estimate of drug-likeness (QED) is 0.683. The van der Waals surface area contributed by atoms with Crippen molar-refractivity contribution in [3.63, 3.8) is 0 Å². The van der Waals surface area contributed by atoms with Crippen LogP contribution >= 0.6 is 11.3 Å². The fraction of sp³-hybridized carbons (Fsp3) is 0.692. The van der Waals surface area contributed by atoms with Crippen molar-refractivity contribution in [2.45, 2.75) is 43.5 Å². The lowest BCUT2D eigenvalue weighted by atomic mass is 10.1. The van der Waals surface area contributed by atoms with Gasteiger partial charge >= 0.3 is 0 Å². The lowest BCUT2D eigenvalue weighted by molar-refractivity contribution is 0.0276. The molecule has 0 saturated carbocycles. The van der Waals surface area contributed by atoms with Crippen LogP contribution in [0, 0.1) is 0 Å². The van der Waals surface area contributed by atoms with E-state index in [4.69, 9.17) is 4.74 Å². The van der Waals surface area contributed by atoms with Gasteiger partial charge in [0.25, 0.3) is 0 Å². The second-order valence-corrected chi connectivity index (χ2v) is 8.14. The van der Waals surface area contributed by atoms with Crippen molar-refractivity contribution in [1.82, 2.24) is 10.0 Å². The van der Waals surface area contributed by atoms with E-state index in [1.165, 1.54) is 11.3 Å². The fourth-order valence-corrected chi connectivity index (χ4v) is 3.86. The highest BCUT2D eigenvalue weighted by Gasteiger charge is 2.22. The van der Waals surface area contributed by atoms with Crippen LogP contribution in [-0.4, -0.2) is 34.2 Å². The zero-order valence-corrected chi connectivity index (χ0v) is 14.2. The SMILES string of the molecule is CCCNCc1csc(S(=O)(=O)NCC(C)(C)OC)c1. The van der Waals surface area contributed by atoms with Gasteiger partial charge in [-0.1, -0.05) is 6.92 Å². The first-order chi connectivity index (χ1) is 9.30. The lowest BCUT2D eigenvalue weighted by Crippen LogP contribution is -2.39. The van der Waals surface area contributed by atoms with E-state index in [0.717, 1.165) is 18.5 Å². The Hall–Kier alpha value is -0.470. The van der Waals surface area contributed by atoms with Gasteiger partial charge in [0.2, 0.25) is 10.0 Å². The van der Waals surface area contributed by atoms with Crippen LogP contribution in [0.15, 0.2) is 15.7 Å². The van der Waals surface area contributed by atoms with Gasteiger partial charge in [-0.25, -0.2) is 13.1 Å². The molecule has 1 aromatic heterocycles. The van der Waals surface area contributed by atoms with E-state index in [2.05, 4.69) is 17.0 Å². The summed E-state index contributed by atoms with van der Waals surface area (Å²) in [6.45, 7) is 7.64. The van der Waals surface area contributed by atoms with Crippen LogP contribution in [0.1, 0.15) is 32.8 Å². The Labute approximate surface area is 125 Å². The van der Waals surface area contributed by atoms with Crippen LogP contribution in [-0.2, 0) is 21.3 Å². The molecule has 2 N–H and O–H groups in total. The average Bonchev–Trinajstić information content (AvgIpc) is 2.87. The first-order valence-electron chi connectivity index (χ1n) is 6.63. The molecule has 1 heterocycles. The topological polar surface area (TPSA) is 67.4 Å². The average molecular weight is 320 g/mol. The third kappa shape index (κ3) is 5.49. The Balaban J connectivity index is 2.64. The Morgan fingerprint density at radius 3 is 2.70 bits per heavy atom. The first-order valence-corrected chi connectivity index (χ1v) is 9.00. The third-order valence-electron chi connectivity index (χ3n) is 2.89. The minimum absolute atomic E-state index is 0.243. The van der Waals surface area contributed by atoms with Gasteiger partial charge in [0, 0.05) is 20.2 Å². The molecule has 20 heavy (non-hydrogen) atoms. The summed E-state index contributed by atoms with van der Waals surface area (Å²) < 4.78 is 32.5. The molecular formula is C13H24N2O3S2. The maximum atomic E-state index is 12.2. The van der Waals surface area contributed by atoms with E-state index < -0.39 is 15.6 Å². The van der Waals surface area contributed by atoms with Gasteiger partial charge in [0.15, 0.2) is 0 Å². The zero-order valence-electron chi connectivity index (χ0n) is 12.5. The number of methoxy groups -OCH3 is 1. The molecule has 1 aromatic rings. The fourth-order valence-electron chi connectivity index (χ4n) is 1.41. The summed E-state index contributed by atoms with van der Waals surface area (Å²) in [7, 11) is -1.89. The zero-order chi connectivity index (χ0) is 15.2. The number of rotatable bonds is 9. The van der Waals surface area contributed by atoms with E-state index >= 15 is 0 Å². The molecule has 0 atom stereocenters. The van der Waals surface area contributed by atoms with Crippen molar-refractivity contribution < 1.29 is 13.2 Å². The van der Waals surface area contributed by atoms with E-state index in [1.54, 1.807) is 13.2 Å². The smallest absolute Gasteiger partial charge is 0.250 e. The summed E-state index contributed by atoms with van der Waals surface area (Å²) in [5, 5.41) is 5.13. The minimum Gasteiger partial charge on any atom is -0.377 e. The van der Waals surface area contributed by atoms with Crippen LogP contribution in [0.4, 0.5) is 0 Å². The van der Waals surface area contributed by atoms with Crippen molar-refractivity contribution in [1.29, 1.82) is 0 Å². The molecule has 0 amide bonds. The monoisotopic (exact) mass is 320 g/mol. The summed E-state index contributed by atoms with van der Waals surface area (Å²) in [5.74, 6) is 0. The molecular weight excluding hydrogens is 296 g/mol. The van der Waals surface area contributed by atoms with Crippen molar-refractivity contribution in [3.8, 4) is 0 Å². The van der Waals surface area contributed by atoms with Gasteiger partial charge in [0.1, 0.15) is 4.21 Å². The number of hydrogen-bond acceptors (Lipinski definition) is 5. The highest BCUT2D eigenvalue weighted by atomic mass is 32.2. The van der Waals surface area contributed by atoms with Gasteiger partial charge in [-0.15, -0.1) is 11.3 Å². The Morgan fingerprint density at radius 2 is 2.10 bits per heavy atom. The Morgan fingerprint density at radius 1 is 1.40 bits per heavy atom. The molecule has 0 unspecified atom stereocenters. The van der Waals surface area contributed by atoms with Gasteiger partial charge in [0.05, 0.1) is 5.60 Å². The highest BCUT2D eigenvalue weighted by Crippen LogP contribution is 2.20. The Kier molecular flexibility index (Phi) is 6.60. The Bertz CT molecular complexity index is 509. The van der Waals surface area contributed by atoms with Gasteiger partial charge < -0.3 is 10.1 Å². The van der Waals surface area contributed by atoms with Gasteiger partial charge in [-0.05, 0) is 43.8 Å². The molecule has 5 nitrogen and oxygen atoms in total. The van der Waals surface area contributed by atoms with Gasteiger partial charge in [-0.3, -0.25) is 0 Å². The lowest BCUT2D eigenvalue weighted by Gasteiger charge is -2.22. The maximum Gasteiger partial charge on any atom is 0.250 e. The normalized spacial score (nSPS) is 12.8. The molecule has 0 fully saturated rings. The number of hydrogen-bond donors (Lipinski definition) is 2. The second-order valence-electron chi connectivity index (χ2n) is 5.24. The van der Waals surface area contributed by atoms with Crippen molar-refractivity contribution in [3.05, 3.63) is 17.0 Å². The summed E-state index contributed by atoms with van der Waals surface area (Å²) in [6, 6.07) is 1.72.